The summed E-state index contributed by atoms with van der Waals surface area (Å²) in [5.41, 5.74) is 6.72. The average molecular weight is 207 g/mol. The molecule has 0 radical (unpaired) electrons. The van der Waals surface area contributed by atoms with Crippen molar-refractivity contribution in [3.63, 3.8) is 0 Å². The Labute approximate surface area is 87.1 Å². The van der Waals surface area contributed by atoms with Crippen LogP contribution in [0, 0.1) is 0 Å². The van der Waals surface area contributed by atoms with Crippen molar-refractivity contribution in [2.24, 2.45) is 5.73 Å². The van der Waals surface area contributed by atoms with Gasteiger partial charge in [-0.2, -0.15) is 0 Å². The Morgan fingerprint density at radius 2 is 2.40 bits per heavy atom. The summed E-state index contributed by atoms with van der Waals surface area (Å²) < 4.78 is 6.76. The van der Waals surface area contributed by atoms with Gasteiger partial charge in [-0.1, -0.05) is 0 Å². The third kappa shape index (κ3) is 1.95. The van der Waals surface area contributed by atoms with Crippen LogP contribution in [0.3, 0.4) is 0 Å². The van der Waals surface area contributed by atoms with E-state index in [1.54, 1.807) is 30.1 Å². The minimum Gasteiger partial charge on any atom is -0.385 e. The van der Waals surface area contributed by atoms with Crippen molar-refractivity contribution in [1.82, 2.24) is 19.6 Å². The summed E-state index contributed by atoms with van der Waals surface area (Å²) in [6.45, 7) is 0.607. The molecule has 0 aliphatic carbocycles. The Balaban J connectivity index is 2.27. The zero-order chi connectivity index (χ0) is 10.7. The molecule has 80 valence electrons. The summed E-state index contributed by atoms with van der Waals surface area (Å²) in [6.07, 6.45) is 4.05. The van der Waals surface area contributed by atoms with Crippen LogP contribution in [0.15, 0.2) is 18.6 Å². The Hall–Kier alpha value is -1.53. The average Bonchev–Trinajstić information content (AvgIpc) is 2.69. The van der Waals surface area contributed by atoms with E-state index in [-0.39, 0.29) is 6.04 Å². The third-order valence-corrected chi connectivity index (χ3v) is 2.20. The second-order valence-corrected chi connectivity index (χ2v) is 3.25. The van der Waals surface area contributed by atoms with Crippen LogP contribution < -0.4 is 5.73 Å². The molecular weight excluding hydrogens is 194 g/mol. The molecule has 0 fully saturated rings. The zero-order valence-corrected chi connectivity index (χ0v) is 8.50. The number of aromatic nitrogens is 4. The van der Waals surface area contributed by atoms with Crippen molar-refractivity contribution in [1.29, 1.82) is 0 Å². The highest BCUT2D eigenvalue weighted by Crippen LogP contribution is 2.12. The van der Waals surface area contributed by atoms with Gasteiger partial charge in [0, 0.05) is 26.0 Å². The van der Waals surface area contributed by atoms with E-state index >= 15 is 0 Å². The molecule has 0 spiro atoms. The molecule has 1 atom stereocenters. The Morgan fingerprint density at radius 3 is 3.20 bits per heavy atom. The summed E-state index contributed by atoms with van der Waals surface area (Å²) in [4.78, 5) is 4.00. The summed E-state index contributed by atoms with van der Waals surface area (Å²) in [5, 5.41) is 8.04. The fourth-order valence-electron chi connectivity index (χ4n) is 1.39. The number of nitrogens with two attached hydrogens (primary N) is 1. The number of hydrogen-bond donors (Lipinski definition) is 1. The van der Waals surface area contributed by atoms with Crippen molar-refractivity contribution in [2.75, 3.05) is 13.7 Å². The maximum atomic E-state index is 5.96. The maximum Gasteiger partial charge on any atom is 0.163 e. The Bertz CT molecular complexity index is 441. The van der Waals surface area contributed by atoms with Gasteiger partial charge in [0.05, 0.1) is 6.04 Å². The SMILES string of the molecule is COCCC(N)c1nnc2ccncn12. The quantitative estimate of drug-likeness (QED) is 0.772. The largest absolute Gasteiger partial charge is 0.385 e. The second-order valence-electron chi connectivity index (χ2n) is 3.25. The highest BCUT2D eigenvalue weighted by atomic mass is 16.5. The van der Waals surface area contributed by atoms with E-state index in [2.05, 4.69) is 15.2 Å². The molecule has 2 heterocycles. The molecule has 0 saturated carbocycles. The third-order valence-electron chi connectivity index (χ3n) is 2.20. The fourth-order valence-corrected chi connectivity index (χ4v) is 1.39. The molecule has 0 aliphatic heterocycles. The topological polar surface area (TPSA) is 78.3 Å². The molecule has 1 unspecified atom stereocenters. The van der Waals surface area contributed by atoms with E-state index in [1.165, 1.54) is 0 Å². The van der Waals surface area contributed by atoms with E-state index in [4.69, 9.17) is 10.5 Å². The monoisotopic (exact) mass is 207 g/mol. The molecule has 6 heteroatoms. The van der Waals surface area contributed by atoms with Gasteiger partial charge in [-0.25, -0.2) is 4.98 Å². The zero-order valence-electron chi connectivity index (χ0n) is 8.50. The highest BCUT2D eigenvalue weighted by Gasteiger charge is 2.13. The second kappa shape index (κ2) is 4.33. The van der Waals surface area contributed by atoms with E-state index in [1.807, 2.05) is 0 Å². The maximum absolute atomic E-state index is 5.96. The first-order valence-electron chi connectivity index (χ1n) is 4.72. The summed E-state index contributed by atoms with van der Waals surface area (Å²) in [7, 11) is 1.65. The van der Waals surface area contributed by atoms with Gasteiger partial charge >= 0.3 is 0 Å². The van der Waals surface area contributed by atoms with Gasteiger partial charge in [0.2, 0.25) is 0 Å². The molecule has 2 aromatic heterocycles. The number of fused-ring (bicyclic) bond motifs is 1. The highest BCUT2D eigenvalue weighted by molar-refractivity contribution is 5.35. The minimum atomic E-state index is -0.177. The van der Waals surface area contributed by atoms with Gasteiger partial charge in [0.15, 0.2) is 11.5 Å². The van der Waals surface area contributed by atoms with Gasteiger partial charge in [-0.3, -0.25) is 4.40 Å². The van der Waals surface area contributed by atoms with Gasteiger partial charge in [0.1, 0.15) is 6.33 Å². The minimum absolute atomic E-state index is 0.177. The van der Waals surface area contributed by atoms with Crippen LogP contribution in [0.5, 0.6) is 0 Å². The molecule has 0 aromatic carbocycles. The lowest BCUT2D eigenvalue weighted by Crippen LogP contribution is -2.16. The molecule has 2 rings (SSSR count). The van der Waals surface area contributed by atoms with Gasteiger partial charge in [-0.15, -0.1) is 10.2 Å². The van der Waals surface area contributed by atoms with Crippen molar-refractivity contribution in [2.45, 2.75) is 12.5 Å². The van der Waals surface area contributed by atoms with Crippen LogP contribution in [0.25, 0.3) is 5.65 Å². The van der Waals surface area contributed by atoms with Crippen LogP contribution in [0.4, 0.5) is 0 Å². The van der Waals surface area contributed by atoms with Crippen LogP contribution in [-0.4, -0.2) is 33.3 Å². The van der Waals surface area contributed by atoms with E-state index in [0.717, 1.165) is 11.5 Å². The van der Waals surface area contributed by atoms with Crippen molar-refractivity contribution in [3.05, 3.63) is 24.4 Å². The lowest BCUT2D eigenvalue weighted by Gasteiger charge is -2.08. The Kier molecular flexibility index (Phi) is 2.89. The molecular formula is C9H13N5O. The summed E-state index contributed by atoms with van der Waals surface area (Å²) >= 11 is 0. The number of methoxy groups -OCH3 is 1. The molecule has 2 aromatic rings. The number of nitrogens with zero attached hydrogens (tertiary/aromatic N) is 4. The van der Waals surface area contributed by atoms with Crippen LogP contribution in [-0.2, 0) is 4.74 Å². The first kappa shape index (κ1) is 10.0. The van der Waals surface area contributed by atoms with Crippen LogP contribution >= 0.6 is 0 Å². The van der Waals surface area contributed by atoms with E-state index < -0.39 is 0 Å². The predicted octanol–water partition coefficient (Wildman–Crippen LogP) is 0.161. The van der Waals surface area contributed by atoms with Gasteiger partial charge in [-0.05, 0) is 6.42 Å². The van der Waals surface area contributed by atoms with E-state index in [0.29, 0.717) is 13.0 Å². The van der Waals surface area contributed by atoms with Gasteiger partial charge < -0.3 is 10.5 Å². The van der Waals surface area contributed by atoms with Crippen LogP contribution in [0.1, 0.15) is 18.3 Å². The summed E-state index contributed by atoms with van der Waals surface area (Å²) in [6, 6.07) is 1.61. The molecule has 0 saturated heterocycles. The molecule has 0 bridgehead atoms. The number of ether oxygens (including phenoxy) is 1. The lowest BCUT2D eigenvalue weighted by molar-refractivity contribution is 0.187. The van der Waals surface area contributed by atoms with Crippen molar-refractivity contribution >= 4 is 5.65 Å². The van der Waals surface area contributed by atoms with Gasteiger partial charge in [0.25, 0.3) is 0 Å². The fraction of sp³-hybridized carbons (Fsp3) is 0.444. The molecule has 2 N–H and O–H groups in total. The van der Waals surface area contributed by atoms with Crippen molar-refractivity contribution in [3.8, 4) is 0 Å². The normalized spacial score (nSPS) is 13.2. The van der Waals surface area contributed by atoms with Crippen molar-refractivity contribution < 1.29 is 4.74 Å². The number of hydrogen-bond acceptors (Lipinski definition) is 5. The van der Waals surface area contributed by atoms with Crippen LogP contribution in [0.2, 0.25) is 0 Å². The first-order chi connectivity index (χ1) is 7.33. The standard InChI is InChI=1S/C9H13N5O/c1-15-5-3-7(10)9-13-12-8-2-4-11-6-14(8)9/h2,4,6-7H,3,5,10H2,1H3. The molecule has 15 heavy (non-hydrogen) atoms. The Morgan fingerprint density at radius 1 is 1.53 bits per heavy atom. The lowest BCUT2D eigenvalue weighted by atomic mass is 10.2. The smallest absolute Gasteiger partial charge is 0.163 e. The molecule has 0 aliphatic rings. The number of rotatable bonds is 4. The predicted molar refractivity (Wildman–Crippen MR) is 54.2 cm³/mol. The molecule has 6 nitrogen and oxygen atoms in total. The summed E-state index contributed by atoms with van der Waals surface area (Å²) in [5.74, 6) is 0.718. The molecule has 0 amide bonds. The first-order valence-corrected chi connectivity index (χ1v) is 4.72. The van der Waals surface area contributed by atoms with E-state index in [9.17, 15) is 0 Å².